The van der Waals surface area contributed by atoms with E-state index in [9.17, 15) is 4.79 Å². The Bertz CT molecular complexity index is 1050. The molecule has 1 aromatic carbocycles. The highest BCUT2D eigenvalue weighted by Gasteiger charge is 2.26. The van der Waals surface area contributed by atoms with Crippen molar-refractivity contribution in [3.8, 4) is 11.3 Å². The van der Waals surface area contributed by atoms with E-state index in [0.29, 0.717) is 13.2 Å². The molecule has 7 heteroatoms. The monoisotopic (exact) mass is 421 g/mol. The molecule has 3 heterocycles. The number of rotatable bonds is 7. The highest BCUT2D eigenvalue weighted by atomic mass is 16.5. The van der Waals surface area contributed by atoms with Crippen molar-refractivity contribution in [1.29, 1.82) is 0 Å². The second-order valence-electron chi connectivity index (χ2n) is 8.31. The van der Waals surface area contributed by atoms with Crippen LogP contribution in [0.5, 0.6) is 0 Å². The van der Waals surface area contributed by atoms with E-state index >= 15 is 0 Å². The van der Waals surface area contributed by atoms with E-state index < -0.39 is 0 Å². The summed E-state index contributed by atoms with van der Waals surface area (Å²) >= 11 is 0. The van der Waals surface area contributed by atoms with Crippen molar-refractivity contribution in [2.45, 2.75) is 33.1 Å². The van der Waals surface area contributed by atoms with E-state index in [4.69, 9.17) is 9.84 Å². The predicted octanol–water partition coefficient (Wildman–Crippen LogP) is 3.38. The Morgan fingerprint density at radius 3 is 2.74 bits per heavy atom. The number of hydrogen-bond donors (Lipinski definition) is 1. The summed E-state index contributed by atoms with van der Waals surface area (Å²) in [6.07, 6.45) is 6.20. The lowest BCUT2D eigenvalue weighted by atomic mass is 9.96. The van der Waals surface area contributed by atoms with Crippen LogP contribution in [0.1, 0.15) is 30.4 Å². The van der Waals surface area contributed by atoms with E-state index in [0.717, 1.165) is 54.9 Å². The third-order valence-corrected chi connectivity index (χ3v) is 6.16. The lowest BCUT2D eigenvalue weighted by molar-refractivity contribution is -0.125. The highest BCUT2D eigenvalue weighted by molar-refractivity contribution is 5.79. The smallest absolute Gasteiger partial charge is 0.223 e. The average molecular weight is 422 g/mol. The lowest BCUT2D eigenvalue weighted by Crippen LogP contribution is -2.41. The maximum Gasteiger partial charge on any atom is 0.223 e. The van der Waals surface area contributed by atoms with E-state index in [2.05, 4.69) is 53.3 Å². The maximum atomic E-state index is 12.4. The third kappa shape index (κ3) is 4.71. The van der Waals surface area contributed by atoms with Crippen LogP contribution >= 0.6 is 0 Å². The van der Waals surface area contributed by atoms with Crippen LogP contribution in [-0.2, 0) is 9.53 Å². The van der Waals surface area contributed by atoms with Crippen LogP contribution in [0.25, 0.3) is 16.8 Å². The zero-order valence-corrected chi connectivity index (χ0v) is 18.6. The fraction of sp³-hybridized carbons (Fsp3) is 0.458. The molecule has 3 aromatic rings. The summed E-state index contributed by atoms with van der Waals surface area (Å²) in [5.41, 5.74) is 5.60. The molecule has 1 amide bonds. The first-order chi connectivity index (χ1) is 15.1. The van der Waals surface area contributed by atoms with Gasteiger partial charge in [-0.15, -0.1) is 0 Å². The van der Waals surface area contributed by atoms with Crippen molar-refractivity contribution >= 4 is 17.2 Å². The molecule has 0 saturated carbocycles. The molecule has 2 aromatic heterocycles. The Hall–Kier alpha value is -2.93. The molecule has 1 saturated heterocycles. The number of methoxy groups -OCH3 is 1. The van der Waals surface area contributed by atoms with Crippen LogP contribution in [0.3, 0.4) is 0 Å². The molecular weight excluding hydrogens is 390 g/mol. The fourth-order valence-corrected chi connectivity index (χ4v) is 4.12. The number of fused-ring (bicyclic) bond motifs is 1. The minimum Gasteiger partial charge on any atom is -0.385 e. The van der Waals surface area contributed by atoms with Gasteiger partial charge < -0.3 is 15.0 Å². The summed E-state index contributed by atoms with van der Waals surface area (Å²) in [7, 11) is 1.68. The minimum absolute atomic E-state index is 0.0644. The maximum absolute atomic E-state index is 12.4. The van der Waals surface area contributed by atoms with Gasteiger partial charge in [-0.2, -0.15) is 5.10 Å². The molecule has 1 N–H and O–H groups in total. The first kappa shape index (κ1) is 21.3. The SMILES string of the molecule is COCCCNC(=O)C1CCN(c2nccn3nc(-c4ccc(C)c(C)c4)cc23)CC1. The van der Waals surface area contributed by atoms with E-state index in [1.807, 2.05) is 10.7 Å². The molecule has 4 rings (SSSR count). The van der Waals surface area contributed by atoms with Crippen LogP contribution in [0.4, 0.5) is 5.82 Å². The molecule has 0 spiro atoms. The Kier molecular flexibility index (Phi) is 6.51. The molecule has 0 atom stereocenters. The quantitative estimate of drug-likeness (QED) is 0.592. The number of nitrogens with one attached hydrogen (secondary N) is 1. The average Bonchev–Trinajstić information content (AvgIpc) is 3.23. The Morgan fingerprint density at radius 1 is 1.19 bits per heavy atom. The van der Waals surface area contributed by atoms with Crippen molar-refractivity contribution in [3.05, 3.63) is 47.8 Å². The first-order valence-corrected chi connectivity index (χ1v) is 11.0. The highest BCUT2D eigenvalue weighted by Crippen LogP contribution is 2.29. The number of piperidine rings is 1. The molecule has 1 aliphatic heterocycles. The number of carbonyl (C=O) groups excluding carboxylic acids is 1. The summed E-state index contributed by atoms with van der Waals surface area (Å²) in [5.74, 6) is 1.15. The van der Waals surface area contributed by atoms with Gasteiger partial charge in [0.05, 0.1) is 5.69 Å². The first-order valence-electron chi connectivity index (χ1n) is 11.0. The molecule has 0 radical (unpaired) electrons. The second kappa shape index (κ2) is 9.47. The van der Waals surface area contributed by atoms with Gasteiger partial charge in [0.2, 0.25) is 5.91 Å². The molecule has 1 fully saturated rings. The van der Waals surface area contributed by atoms with Gasteiger partial charge in [-0.05, 0) is 56.4 Å². The van der Waals surface area contributed by atoms with Crippen molar-refractivity contribution in [3.63, 3.8) is 0 Å². The molecule has 0 aliphatic carbocycles. The molecule has 1 aliphatic rings. The van der Waals surface area contributed by atoms with Gasteiger partial charge in [0, 0.05) is 57.2 Å². The van der Waals surface area contributed by atoms with Crippen molar-refractivity contribution in [2.24, 2.45) is 5.92 Å². The van der Waals surface area contributed by atoms with E-state index in [1.54, 1.807) is 13.3 Å². The fourth-order valence-electron chi connectivity index (χ4n) is 4.12. The van der Waals surface area contributed by atoms with Gasteiger partial charge in [0.15, 0.2) is 5.82 Å². The number of anilines is 1. The van der Waals surface area contributed by atoms with E-state index in [1.165, 1.54) is 11.1 Å². The standard InChI is InChI=1S/C24H31N5O2/c1-17-5-6-20(15-18(17)2)21-16-22-23(25-10-13-29(22)27-21)28-11-7-19(8-12-28)24(30)26-9-4-14-31-3/h5-6,10,13,15-16,19H,4,7-9,11-12,14H2,1-3H3,(H,26,30). The Balaban J connectivity index is 1.46. The summed E-state index contributed by atoms with van der Waals surface area (Å²) < 4.78 is 6.94. The molecule has 31 heavy (non-hydrogen) atoms. The summed E-state index contributed by atoms with van der Waals surface area (Å²) in [4.78, 5) is 19.4. The van der Waals surface area contributed by atoms with Gasteiger partial charge in [-0.25, -0.2) is 9.50 Å². The molecular formula is C24H31N5O2. The van der Waals surface area contributed by atoms with Gasteiger partial charge in [-0.3, -0.25) is 4.79 Å². The lowest BCUT2D eigenvalue weighted by Gasteiger charge is -2.32. The number of benzene rings is 1. The Morgan fingerprint density at radius 2 is 2.00 bits per heavy atom. The number of nitrogens with zero attached hydrogens (tertiary/aromatic N) is 4. The minimum atomic E-state index is 0.0644. The van der Waals surface area contributed by atoms with Gasteiger partial charge in [0.1, 0.15) is 5.52 Å². The number of carbonyl (C=O) groups is 1. The zero-order valence-electron chi connectivity index (χ0n) is 18.6. The number of aromatic nitrogens is 3. The van der Waals surface area contributed by atoms with Crippen molar-refractivity contribution in [1.82, 2.24) is 19.9 Å². The van der Waals surface area contributed by atoms with Crippen LogP contribution in [0, 0.1) is 19.8 Å². The Labute approximate surface area is 183 Å². The number of hydrogen-bond acceptors (Lipinski definition) is 5. The molecule has 0 unspecified atom stereocenters. The number of aryl methyl sites for hydroxylation is 2. The van der Waals surface area contributed by atoms with Crippen LogP contribution < -0.4 is 10.2 Å². The topological polar surface area (TPSA) is 71.8 Å². The predicted molar refractivity (Wildman–Crippen MR) is 122 cm³/mol. The molecule has 164 valence electrons. The van der Waals surface area contributed by atoms with Crippen LogP contribution in [0.2, 0.25) is 0 Å². The second-order valence-corrected chi connectivity index (χ2v) is 8.31. The zero-order chi connectivity index (χ0) is 21.8. The number of ether oxygens (including phenoxy) is 1. The normalized spacial score (nSPS) is 14.9. The largest absolute Gasteiger partial charge is 0.385 e. The van der Waals surface area contributed by atoms with Gasteiger partial charge in [-0.1, -0.05) is 12.1 Å². The summed E-state index contributed by atoms with van der Waals surface area (Å²) in [5, 5.41) is 7.81. The third-order valence-electron chi connectivity index (χ3n) is 6.16. The van der Waals surface area contributed by atoms with Crippen LogP contribution in [0.15, 0.2) is 36.7 Å². The van der Waals surface area contributed by atoms with Crippen molar-refractivity contribution in [2.75, 3.05) is 38.3 Å². The van der Waals surface area contributed by atoms with Gasteiger partial charge in [0.25, 0.3) is 0 Å². The van der Waals surface area contributed by atoms with E-state index in [-0.39, 0.29) is 11.8 Å². The van der Waals surface area contributed by atoms with Crippen molar-refractivity contribution < 1.29 is 9.53 Å². The molecule has 0 bridgehead atoms. The number of amides is 1. The van der Waals surface area contributed by atoms with Crippen LogP contribution in [-0.4, -0.2) is 53.9 Å². The molecule has 7 nitrogen and oxygen atoms in total. The van der Waals surface area contributed by atoms with Gasteiger partial charge >= 0.3 is 0 Å². The summed E-state index contributed by atoms with van der Waals surface area (Å²) in [6, 6.07) is 8.55. The summed E-state index contributed by atoms with van der Waals surface area (Å²) in [6.45, 7) is 7.21.